The third-order valence-electron chi connectivity index (χ3n) is 2.62. The molecular formula is C14H14F2OS. The van der Waals surface area contributed by atoms with E-state index < -0.39 is 11.6 Å². The molecule has 1 aromatic carbocycles. The van der Waals surface area contributed by atoms with Crippen LogP contribution in [0.15, 0.2) is 24.3 Å². The summed E-state index contributed by atoms with van der Waals surface area (Å²) in [5.74, 6) is -1.79. The number of hydrogen-bond donors (Lipinski definition) is 0. The Hall–Kier alpha value is -1.42. The Bertz CT molecular complexity index is 549. The lowest BCUT2D eigenvalue weighted by Crippen LogP contribution is -1.98. The molecule has 0 aliphatic heterocycles. The first-order valence-corrected chi connectivity index (χ1v) is 6.68. The summed E-state index contributed by atoms with van der Waals surface area (Å²) in [6.45, 7) is 4.08. The molecule has 0 unspecified atom stereocenters. The average Bonchev–Trinajstić information content (AvgIpc) is 2.84. The van der Waals surface area contributed by atoms with Crippen LogP contribution in [0.25, 0.3) is 10.4 Å². The van der Waals surface area contributed by atoms with Gasteiger partial charge in [0.05, 0.1) is 6.61 Å². The summed E-state index contributed by atoms with van der Waals surface area (Å²) in [7, 11) is 0. The fraction of sp³-hybridized carbons (Fsp3) is 0.286. The largest absolute Gasteiger partial charge is 0.491 e. The fourth-order valence-corrected chi connectivity index (χ4v) is 2.67. The quantitative estimate of drug-likeness (QED) is 0.784. The highest BCUT2D eigenvalue weighted by atomic mass is 32.1. The van der Waals surface area contributed by atoms with Gasteiger partial charge >= 0.3 is 0 Å². The first kappa shape index (κ1) is 13.0. The lowest BCUT2D eigenvalue weighted by Gasteiger charge is -2.07. The molecule has 0 N–H and O–H groups in total. The van der Waals surface area contributed by atoms with Crippen molar-refractivity contribution in [3.05, 3.63) is 40.8 Å². The van der Waals surface area contributed by atoms with Crippen LogP contribution < -0.4 is 4.74 Å². The van der Waals surface area contributed by atoms with Crippen molar-refractivity contribution < 1.29 is 13.5 Å². The summed E-state index contributed by atoms with van der Waals surface area (Å²) < 4.78 is 32.7. The Morgan fingerprint density at radius 1 is 1.06 bits per heavy atom. The molecule has 4 heteroatoms. The number of ether oxygens (including phenoxy) is 1. The number of halogens is 2. The van der Waals surface area contributed by atoms with Crippen molar-refractivity contribution in [2.75, 3.05) is 6.61 Å². The van der Waals surface area contributed by atoms with Gasteiger partial charge in [-0.25, -0.2) is 4.39 Å². The molecular weight excluding hydrogens is 254 g/mol. The maximum absolute atomic E-state index is 13.9. The van der Waals surface area contributed by atoms with Gasteiger partial charge in [0.1, 0.15) is 0 Å². The van der Waals surface area contributed by atoms with Crippen molar-refractivity contribution in [3.63, 3.8) is 0 Å². The van der Waals surface area contributed by atoms with Gasteiger partial charge in [-0.3, -0.25) is 0 Å². The van der Waals surface area contributed by atoms with Gasteiger partial charge in [0.25, 0.3) is 0 Å². The molecule has 2 rings (SSSR count). The zero-order chi connectivity index (χ0) is 13.1. The summed E-state index contributed by atoms with van der Waals surface area (Å²) in [4.78, 5) is 1.89. The van der Waals surface area contributed by atoms with E-state index in [1.54, 1.807) is 13.0 Å². The maximum Gasteiger partial charge on any atom is 0.201 e. The third kappa shape index (κ3) is 2.38. The highest BCUT2D eigenvalue weighted by Gasteiger charge is 2.16. The summed E-state index contributed by atoms with van der Waals surface area (Å²) >= 11 is 1.48. The maximum atomic E-state index is 13.9. The van der Waals surface area contributed by atoms with Crippen LogP contribution in [0, 0.1) is 11.6 Å². The molecule has 0 atom stereocenters. The number of thiophene rings is 1. The number of hydrogen-bond acceptors (Lipinski definition) is 2. The summed E-state index contributed by atoms with van der Waals surface area (Å²) in [5, 5.41) is 0. The van der Waals surface area contributed by atoms with Gasteiger partial charge < -0.3 is 4.74 Å². The van der Waals surface area contributed by atoms with Gasteiger partial charge in [-0.15, -0.1) is 11.3 Å². The fourth-order valence-electron chi connectivity index (χ4n) is 1.70. The van der Waals surface area contributed by atoms with Crippen molar-refractivity contribution in [1.82, 2.24) is 0 Å². The van der Waals surface area contributed by atoms with Crippen LogP contribution in [0.1, 0.15) is 18.7 Å². The highest BCUT2D eigenvalue weighted by Crippen LogP contribution is 2.34. The Morgan fingerprint density at radius 2 is 1.83 bits per heavy atom. The van der Waals surface area contributed by atoms with E-state index in [1.807, 2.05) is 19.1 Å². The van der Waals surface area contributed by atoms with Crippen LogP contribution in [0.5, 0.6) is 5.75 Å². The van der Waals surface area contributed by atoms with Crippen LogP contribution in [0.2, 0.25) is 0 Å². The van der Waals surface area contributed by atoms with Gasteiger partial charge in [-0.1, -0.05) is 6.92 Å². The molecule has 18 heavy (non-hydrogen) atoms. The normalized spacial score (nSPS) is 10.7. The zero-order valence-corrected chi connectivity index (χ0v) is 11.1. The SMILES string of the molecule is CCOc1ccc(-c2ccc(CC)s2)c(F)c1F. The van der Waals surface area contributed by atoms with Crippen LogP contribution in [-0.2, 0) is 6.42 Å². The predicted octanol–water partition coefficient (Wildman–Crippen LogP) is 4.65. The van der Waals surface area contributed by atoms with E-state index in [0.29, 0.717) is 12.2 Å². The van der Waals surface area contributed by atoms with Gasteiger partial charge in [0.2, 0.25) is 5.82 Å². The molecule has 1 heterocycles. The molecule has 0 saturated carbocycles. The van der Waals surface area contributed by atoms with E-state index in [1.165, 1.54) is 17.4 Å². The lowest BCUT2D eigenvalue weighted by atomic mass is 10.1. The number of benzene rings is 1. The topological polar surface area (TPSA) is 9.23 Å². The first-order chi connectivity index (χ1) is 8.67. The van der Waals surface area contributed by atoms with Crippen molar-refractivity contribution in [3.8, 4) is 16.2 Å². The van der Waals surface area contributed by atoms with E-state index in [9.17, 15) is 8.78 Å². The predicted molar refractivity (Wildman–Crippen MR) is 70.2 cm³/mol. The minimum Gasteiger partial charge on any atom is -0.491 e. The first-order valence-electron chi connectivity index (χ1n) is 5.87. The van der Waals surface area contributed by atoms with Crippen molar-refractivity contribution >= 4 is 11.3 Å². The number of rotatable bonds is 4. The minimum absolute atomic E-state index is 0.0361. The lowest BCUT2D eigenvalue weighted by molar-refractivity contribution is 0.314. The molecule has 0 bridgehead atoms. The Labute approximate surface area is 109 Å². The van der Waals surface area contributed by atoms with Crippen LogP contribution >= 0.6 is 11.3 Å². The van der Waals surface area contributed by atoms with E-state index in [4.69, 9.17) is 4.74 Å². The third-order valence-corrected chi connectivity index (χ3v) is 3.89. The Morgan fingerprint density at radius 3 is 2.44 bits per heavy atom. The average molecular weight is 268 g/mol. The van der Waals surface area contributed by atoms with E-state index in [-0.39, 0.29) is 5.75 Å². The standard InChI is InChI=1S/C14H14F2OS/c1-3-9-5-8-12(18-9)10-6-7-11(17-4-2)14(16)13(10)15/h5-8H,3-4H2,1-2H3. The molecule has 0 spiro atoms. The molecule has 1 aromatic heterocycles. The number of aryl methyl sites for hydroxylation is 1. The van der Waals surface area contributed by atoms with Gasteiger partial charge in [0, 0.05) is 15.3 Å². The van der Waals surface area contributed by atoms with Crippen LogP contribution in [-0.4, -0.2) is 6.61 Å². The van der Waals surface area contributed by atoms with Crippen molar-refractivity contribution in [2.45, 2.75) is 20.3 Å². The molecule has 96 valence electrons. The summed E-state index contributed by atoms with van der Waals surface area (Å²) in [6.07, 6.45) is 0.895. The monoisotopic (exact) mass is 268 g/mol. The van der Waals surface area contributed by atoms with Crippen molar-refractivity contribution in [1.29, 1.82) is 0 Å². The van der Waals surface area contributed by atoms with E-state index >= 15 is 0 Å². The molecule has 0 aliphatic carbocycles. The van der Waals surface area contributed by atoms with Gasteiger partial charge in [-0.05, 0) is 37.6 Å². The Balaban J connectivity index is 2.43. The smallest absolute Gasteiger partial charge is 0.201 e. The molecule has 2 aromatic rings. The zero-order valence-electron chi connectivity index (χ0n) is 10.3. The second-order valence-electron chi connectivity index (χ2n) is 3.79. The molecule has 0 aliphatic rings. The Kier molecular flexibility index (Phi) is 3.97. The summed E-state index contributed by atoms with van der Waals surface area (Å²) in [6, 6.07) is 6.80. The second kappa shape index (κ2) is 5.48. The van der Waals surface area contributed by atoms with Gasteiger partial charge in [0.15, 0.2) is 11.6 Å². The molecule has 0 saturated heterocycles. The molecule has 0 radical (unpaired) electrons. The van der Waals surface area contributed by atoms with Crippen LogP contribution in [0.4, 0.5) is 8.78 Å². The highest BCUT2D eigenvalue weighted by molar-refractivity contribution is 7.15. The van der Waals surface area contributed by atoms with E-state index in [2.05, 4.69) is 0 Å². The molecule has 1 nitrogen and oxygen atoms in total. The van der Waals surface area contributed by atoms with Crippen molar-refractivity contribution in [2.24, 2.45) is 0 Å². The molecule has 0 amide bonds. The van der Waals surface area contributed by atoms with E-state index in [0.717, 1.165) is 16.2 Å². The van der Waals surface area contributed by atoms with Crippen LogP contribution in [0.3, 0.4) is 0 Å². The minimum atomic E-state index is -0.916. The second-order valence-corrected chi connectivity index (χ2v) is 4.96. The summed E-state index contributed by atoms with van der Waals surface area (Å²) in [5.41, 5.74) is 0.292. The molecule has 0 fully saturated rings. The van der Waals surface area contributed by atoms with Gasteiger partial charge in [-0.2, -0.15) is 4.39 Å².